The van der Waals surface area contributed by atoms with Crippen molar-refractivity contribution in [1.82, 2.24) is 5.32 Å². The molecule has 2 aromatic rings. The maximum absolute atomic E-state index is 12.6. The molecule has 0 aromatic heterocycles. The molecule has 2 N–H and O–H groups in total. The van der Waals surface area contributed by atoms with Crippen LogP contribution in [0.1, 0.15) is 18.0 Å². The minimum atomic E-state index is -1.15. The molecule has 1 aliphatic rings. The van der Waals surface area contributed by atoms with Crippen LogP contribution in [0.4, 0.5) is 5.69 Å². The molecule has 0 saturated carbocycles. The highest BCUT2D eigenvalue weighted by Gasteiger charge is 2.36. The molecule has 7 heteroatoms. The standard InChI is InChI=1S/C20H20N2O5/c1-27-16-9-7-15(8-10-16)22-12-14(11-17(22)23)19(24)21-18(20(25)26)13-5-3-2-4-6-13/h2-10,14,18H,11-12H2,1H3,(H,21,24)(H,25,26). The van der Waals surface area contributed by atoms with E-state index in [1.165, 1.54) is 4.90 Å². The first kappa shape index (κ1) is 18.4. The number of benzene rings is 2. The zero-order chi connectivity index (χ0) is 19.4. The lowest BCUT2D eigenvalue weighted by Gasteiger charge is -2.19. The first-order chi connectivity index (χ1) is 13.0. The Morgan fingerprint density at radius 3 is 2.41 bits per heavy atom. The molecule has 0 bridgehead atoms. The van der Waals surface area contributed by atoms with Crippen molar-refractivity contribution in [2.75, 3.05) is 18.6 Å². The molecule has 1 fully saturated rings. The molecule has 140 valence electrons. The lowest BCUT2D eigenvalue weighted by molar-refractivity contribution is -0.142. The highest BCUT2D eigenvalue weighted by atomic mass is 16.5. The zero-order valence-corrected chi connectivity index (χ0v) is 14.8. The molecular formula is C20H20N2O5. The van der Waals surface area contributed by atoms with Gasteiger partial charge in [-0.15, -0.1) is 0 Å². The number of nitrogens with one attached hydrogen (secondary N) is 1. The zero-order valence-electron chi connectivity index (χ0n) is 14.8. The van der Waals surface area contributed by atoms with Gasteiger partial charge in [-0.3, -0.25) is 9.59 Å². The third kappa shape index (κ3) is 4.08. The maximum atomic E-state index is 12.6. The van der Waals surface area contributed by atoms with Crippen LogP contribution in [-0.4, -0.2) is 36.5 Å². The fourth-order valence-corrected chi connectivity index (χ4v) is 3.09. The SMILES string of the molecule is COc1ccc(N2CC(C(=O)NC(C(=O)O)c3ccccc3)CC2=O)cc1. The molecule has 0 radical (unpaired) electrons. The van der Waals surface area contributed by atoms with Crippen molar-refractivity contribution in [2.45, 2.75) is 12.5 Å². The van der Waals surface area contributed by atoms with Crippen LogP contribution in [0.2, 0.25) is 0 Å². The predicted octanol–water partition coefficient (Wildman–Crippen LogP) is 1.99. The van der Waals surface area contributed by atoms with E-state index in [1.807, 2.05) is 0 Å². The second kappa shape index (κ2) is 7.90. The molecular weight excluding hydrogens is 348 g/mol. The number of carboxylic acid groups (broad SMARTS) is 1. The minimum absolute atomic E-state index is 0.0407. The number of anilines is 1. The summed E-state index contributed by atoms with van der Waals surface area (Å²) < 4.78 is 5.10. The summed E-state index contributed by atoms with van der Waals surface area (Å²) in [5.41, 5.74) is 1.16. The van der Waals surface area contributed by atoms with Crippen molar-refractivity contribution in [2.24, 2.45) is 5.92 Å². The van der Waals surface area contributed by atoms with Gasteiger partial charge < -0.3 is 20.1 Å². The number of rotatable bonds is 6. The highest BCUT2D eigenvalue weighted by Crippen LogP contribution is 2.27. The van der Waals surface area contributed by atoms with Gasteiger partial charge in [0.05, 0.1) is 13.0 Å². The number of amides is 2. The van der Waals surface area contributed by atoms with Crippen molar-refractivity contribution < 1.29 is 24.2 Å². The average Bonchev–Trinajstić information content (AvgIpc) is 3.08. The summed E-state index contributed by atoms with van der Waals surface area (Å²) in [6, 6.07) is 14.3. The van der Waals surface area contributed by atoms with Crippen LogP contribution in [0, 0.1) is 5.92 Å². The van der Waals surface area contributed by atoms with Crippen molar-refractivity contribution >= 4 is 23.5 Å². The molecule has 0 spiro atoms. The van der Waals surface area contributed by atoms with Gasteiger partial charge in [-0.25, -0.2) is 4.79 Å². The maximum Gasteiger partial charge on any atom is 0.330 e. The number of aliphatic carboxylic acids is 1. The van der Waals surface area contributed by atoms with Gasteiger partial charge in [0.25, 0.3) is 0 Å². The summed E-state index contributed by atoms with van der Waals surface area (Å²) in [6.45, 7) is 0.206. The molecule has 1 aliphatic heterocycles. The number of carbonyl (C=O) groups excluding carboxylic acids is 2. The number of methoxy groups -OCH3 is 1. The first-order valence-corrected chi connectivity index (χ1v) is 8.52. The van der Waals surface area contributed by atoms with E-state index in [1.54, 1.807) is 61.7 Å². The normalized spacial score (nSPS) is 17.4. The highest BCUT2D eigenvalue weighted by molar-refractivity contribution is 6.00. The number of ether oxygens (including phenoxy) is 1. The van der Waals surface area contributed by atoms with Gasteiger partial charge in [0, 0.05) is 18.7 Å². The van der Waals surface area contributed by atoms with E-state index >= 15 is 0 Å². The Morgan fingerprint density at radius 2 is 1.81 bits per heavy atom. The van der Waals surface area contributed by atoms with Gasteiger partial charge in [0.15, 0.2) is 6.04 Å². The third-order valence-corrected chi connectivity index (χ3v) is 4.55. The minimum Gasteiger partial charge on any atom is -0.497 e. The van der Waals surface area contributed by atoms with Crippen molar-refractivity contribution in [3.63, 3.8) is 0 Å². The number of carbonyl (C=O) groups is 3. The summed E-state index contributed by atoms with van der Waals surface area (Å²) in [5, 5.41) is 12.0. The second-order valence-corrected chi connectivity index (χ2v) is 6.29. The molecule has 2 amide bonds. The van der Waals surface area contributed by atoms with Gasteiger partial charge in [-0.05, 0) is 29.8 Å². The van der Waals surface area contributed by atoms with Crippen LogP contribution >= 0.6 is 0 Å². The molecule has 7 nitrogen and oxygen atoms in total. The Morgan fingerprint density at radius 1 is 1.15 bits per heavy atom. The van der Waals surface area contributed by atoms with Gasteiger partial charge in [-0.1, -0.05) is 30.3 Å². The monoisotopic (exact) mass is 368 g/mol. The molecule has 27 heavy (non-hydrogen) atoms. The van der Waals surface area contributed by atoms with Crippen LogP contribution in [0.5, 0.6) is 5.75 Å². The average molecular weight is 368 g/mol. The smallest absolute Gasteiger partial charge is 0.330 e. The Balaban J connectivity index is 1.70. The van der Waals surface area contributed by atoms with Crippen LogP contribution < -0.4 is 15.0 Å². The quantitative estimate of drug-likeness (QED) is 0.813. The van der Waals surface area contributed by atoms with Crippen molar-refractivity contribution in [3.05, 3.63) is 60.2 Å². The lowest BCUT2D eigenvalue weighted by atomic mass is 10.0. The van der Waals surface area contributed by atoms with Gasteiger partial charge >= 0.3 is 5.97 Å². The summed E-state index contributed by atoms with van der Waals surface area (Å²) in [5.74, 6) is -1.70. The van der Waals surface area contributed by atoms with Crippen LogP contribution in [-0.2, 0) is 14.4 Å². The van der Waals surface area contributed by atoms with E-state index in [-0.39, 0.29) is 18.9 Å². The molecule has 2 atom stereocenters. The van der Waals surface area contributed by atoms with Crippen molar-refractivity contribution in [3.8, 4) is 5.75 Å². The van der Waals surface area contributed by atoms with E-state index in [4.69, 9.17) is 4.74 Å². The Hall–Kier alpha value is -3.35. The van der Waals surface area contributed by atoms with Gasteiger partial charge in [-0.2, -0.15) is 0 Å². The number of hydrogen-bond donors (Lipinski definition) is 2. The predicted molar refractivity (Wildman–Crippen MR) is 98.4 cm³/mol. The van der Waals surface area contributed by atoms with Crippen molar-refractivity contribution in [1.29, 1.82) is 0 Å². The van der Waals surface area contributed by atoms with Gasteiger partial charge in [0.1, 0.15) is 5.75 Å². The topological polar surface area (TPSA) is 95.9 Å². The summed E-state index contributed by atoms with van der Waals surface area (Å²) in [7, 11) is 1.56. The second-order valence-electron chi connectivity index (χ2n) is 6.29. The summed E-state index contributed by atoms with van der Waals surface area (Å²) >= 11 is 0. The van der Waals surface area contributed by atoms with E-state index in [2.05, 4.69) is 5.32 Å². The van der Waals surface area contributed by atoms with Crippen LogP contribution in [0.15, 0.2) is 54.6 Å². The molecule has 3 rings (SSSR count). The third-order valence-electron chi connectivity index (χ3n) is 4.55. The van der Waals surface area contributed by atoms with E-state index in [9.17, 15) is 19.5 Å². The lowest BCUT2D eigenvalue weighted by Crippen LogP contribution is -2.38. The van der Waals surface area contributed by atoms with Crippen LogP contribution in [0.25, 0.3) is 0 Å². The molecule has 0 aliphatic carbocycles. The van der Waals surface area contributed by atoms with Crippen LogP contribution in [0.3, 0.4) is 0 Å². The van der Waals surface area contributed by atoms with E-state index in [0.717, 1.165) is 0 Å². The van der Waals surface area contributed by atoms with E-state index in [0.29, 0.717) is 17.0 Å². The Kier molecular flexibility index (Phi) is 5.40. The summed E-state index contributed by atoms with van der Waals surface area (Å²) in [6.07, 6.45) is 0.0407. The number of nitrogens with zero attached hydrogens (tertiary/aromatic N) is 1. The molecule has 2 unspecified atom stereocenters. The largest absolute Gasteiger partial charge is 0.497 e. The molecule has 1 heterocycles. The molecule has 2 aromatic carbocycles. The summed E-state index contributed by atoms with van der Waals surface area (Å²) in [4.78, 5) is 38.0. The molecule has 1 saturated heterocycles. The fraction of sp³-hybridized carbons (Fsp3) is 0.250. The Labute approximate surface area is 156 Å². The van der Waals surface area contributed by atoms with Gasteiger partial charge in [0.2, 0.25) is 11.8 Å². The fourth-order valence-electron chi connectivity index (χ4n) is 3.09. The number of carboxylic acids is 1. The van der Waals surface area contributed by atoms with E-state index < -0.39 is 23.8 Å². The number of hydrogen-bond acceptors (Lipinski definition) is 4. The first-order valence-electron chi connectivity index (χ1n) is 8.52. The Bertz CT molecular complexity index is 835.